The molecule has 0 radical (unpaired) electrons. The van der Waals surface area contributed by atoms with E-state index < -0.39 is 0 Å². The van der Waals surface area contributed by atoms with E-state index in [4.69, 9.17) is 4.74 Å². The van der Waals surface area contributed by atoms with Crippen molar-refractivity contribution in [3.05, 3.63) is 35.5 Å². The molecule has 25 heavy (non-hydrogen) atoms. The monoisotopic (exact) mass is 341 g/mol. The van der Waals surface area contributed by atoms with Gasteiger partial charge in [-0.3, -0.25) is 14.6 Å². The molecule has 1 aromatic heterocycles. The lowest BCUT2D eigenvalue weighted by Crippen LogP contribution is -2.60. The van der Waals surface area contributed by atoms with Gasteiger partial charge in [-0.15, -0.1) is 0 Å². The van der Waals surface area contributed by atoms with Crippen LogP contribution in [0.1, 0.15) is 42.6 Å². The Kier molecular flexibility index (Phi) is 4.61. The first-order chi connectivity index (χ1) is 11.9. The minimum atomic E-state index is -0.189. The third-order valence-corrected chi connectivity index (χ3v) is 4.62. The molecule has 1 N–H and O–H groups in total. The molecule has 0 bridgehead atoms. The molecule has 2 aromatic rings. The molecule has 1 aromatic carbocycles. The number of nitrogens with zero attached hydrogens (tertiary/aromatic N) is 2. The Morgan fingerprint density at radius 3 is 2.64 bits per heavy atom. The zero-order valence-electron chi connectivity index (χ0n) is 15.0. The number of carbonyl (C=O) groups excluding carboxylic acids is 2. The van der Waals surface area contributed by atoms with Gasteiger partial charge in [-0.1, -0.05) is 13.8 Å². The topological polar surface area (TPSA) is 71.5 Å². The summed E-state index contributed by atoms with van der Waals surface area (Å²) in [6.45, 7) is 6.85. The molecule has 0 spiro atoms. The molecule has 132 valence electrons. The summed E-state index contributed by atoms with van der Waals surface area (Å²) >= 11 is 0. The highest BCUT2D eigenvalue weighted by molar-refractivity contribution is 6.07. The van der Waals surface area contributed by atoms with Crippen molar-refractivity contribution < 1.29 is 14.3 Å². The Labute approximate surface area is 147 Å². The maximum absolute atomic E-state index is 12.8. The number of ether oxygens (including phenoxy) is 1. The summed E-state index contributed by atoms with van der Waals surface area (Å²) in [5.41, 5.74) is 2.30. The smallest absolute Gasteiger partial charge is 0.253 e. The van der Waals surface area contributed by atoms with Crippen molar-refractivity contribution in [2.24, 2.45) is 0 Å². The Hall–Kier alpha value is -2.63. The van der Waals surface area contributed by atoms with Crippen molar-refractivity contribution in [1.82, 2.24) is 15.2 Å². The number of aromatic nitrogens is 1. The van der Waals surface area contributed by atoms with Crippen LogP contribution in [0, 0.1) is 0 Å². The van der Waals surface area contributed by atoms with Crippen LogP contribution in [-0.4, -0.2) is 47.9 Å². The summed E-state index contributed by atoms with van der Waals surface area (Å²) in [5, 5.41) is 3.91. The van der Waals surface area contributed by atoms with Gasteiger partial charge in [-0.25, -0.2) is 0 Å². The number of hydrogen-bond acceptors (Lipinski definition) is 4. The number of carbonyl (C=O) groups is 2. The molecule has 0 unspecified atom stereocenters. The van der Waals surface area contributed by atoms with E-state index in [0.29, 0.717) is 35.8 Å². The van der Waals surface area contributed by atoms with E-state index in [1.54, 1.807) is 24.3 Å². The lowest BCUT2D eigenvalue weighted by molar-refractivity contribution is -0.133. The zero-order chi connectivity index (χ0) is 18.1. The van der Waals surface area contributed by atoms with Crippen LogP contribution in [0.15, 0.2) is 24.4 Å². The second-order valence-electron chi connectivity index (χ2n) is 6.72. The van der Waals surface area contributed by atoms with Crippen LogP contribution < -0.4 is 10.1 Å². The number of amides is 2. The van der Waals surface area contributed by atoms with Crippen LogP contribution in [0.3, 0.4) is 0 Å². The number of methoxy groups -OCH3 is 1. The van der Waals surface area contributed by atoms with Crippen molar-refractivity contribution in [3.63, 3.8) is 0 Å². The second-order valence-corrected chi connectivity index (χ2v) is 6.72. The molecule has 1 aliphatic heterocycles. The van der Waals surface area contributed by atoms with Gasteiger partial charge in [0.1, 0.15) is 5.75 Å². The van der Waals surface area contributed by atoms with E-state index in [1.807, 2.05) is 12.1 Å². The van der Waals surface area contributed by atoms with Gasteiger partial charge < -0.3 is 15.0 Å². The molecular formula is C19H23N3O3. The van der Waals surface area contributed by atoms with Crippen molar-refractivity contribution >= 4 is 22.7 Å². The highest BCUT2D eigenvalue weighted by Crippen LogP contribution is 2.30. The fourth-order valence-corrected chi connectivity index (χ4v) is 3.13. The van der Waals surface area contributed by atoms with Crippen LogP contribution in [-0.2, 0) is 4.79 Å². The number of nitrogens with one attached hydrogen (secondary N) is 1. The highest BCUT2D eigenvalue weighted by Gasteiger charge is 2.30. The molecular weight excluding hydrogens is 318 g/mol. The van der Waals surface area contributed by atoms with Gasteiger partial charge in [-0.05, 0) is 29.7 Å². The average Bonchev–Trinajstić information content (AvgIpc) is 2.55. The van der Waals surface area contributed by atoms with Crippen LogP contribution in [0.5, 0.6) is 5.75 Å². The normalized spacial score (nSPS) is 14.5. The molecule has 0 atom stereocenters. The van der Waals surface area contributed by atoms with E-state index >= 15 is 0 Å². The van der Waals surface area contributed by atoms with Crippen LogP contribution >= 0.6 is 0 Å². The maximum Gasteiger partial charge on any atom is 0.253 e. The van der Waals surface area contributed by atoms with Gasteiger partial charge in [-0.2, -0.15) is 0 Å². The third-order valence-electron chi connectivity index (χ3n) is 4.62. The first kappa shape index (κ1) is 17.2. The van der Waals surface area contributed by atoms with Crippen molar-refractivity contribution in [1.29, 1.82) is 0 Å². The number of benzene rings is 1. The molecule has 6 heteroatoms. The van der Waals surface area contributed by atoms with Crippen molar-refractivity contribution in [2.45, 2.75) is 32.7 Å². The fraction of sp³-hybridized carbons (Fsp3) is 0.421. The van der Waals surface area contributed by atoms with Gasteiger partial charge in [0.05, 0.1) is 24.2 Å². The SMILES string of the molecule is COc1cc(C(=O)NC2CN(C(C)=O)C2)c2nccc(C(C)C)c2c1. The fourth-order valence-electron chi connectivity index (χ4n) is 3.13. The lowest BCUT2D eigenvalue weighted by atomic mass is 9.96. The predicted octanol–water partition coefficient (Wildman–Crippen LogP) is 2.33. The zero-order valence-corrected chi connectivity index (χ0v) is 15.0. The summed E-state index contributed by atoms with van der Waals surface area (Å²) in [6, 6.07) is 5.60. The van der Waals surface area contributed by atoms with E-state index in [0.717, 1.165) is 10.9 Å². The summed E-state index contributed by atoms with van der Waals surface area (Å²) < 4.78 is 5.38. The summed E-state index contributed by atoms with van der Waals surface area (Å²) in [7, 11) is 1.59. The number of rotatable bonds is 4. The van der Waals surface area contributed by atoms with E-state index in [-0.39, 0.29) is 17.9 Å². The average molecular weight is 341 g/mol. The summed E-state index contributed by atoms with van der Waals surface area (Å²) in [5.74, 6) is 0.780. The quantitative estimate of drug-likeness (QED) is 0.926. The van der Waals surface area contributed by atoms with Gasteiger partial charge in [0.25, 0.3) is 5.91 Å². The molecule has 0 aliphatic carbocycles. The molecule has 3 rings (SSSR count). The summed E-state index contributed by atoms with van der Waals surface area (Å²) in [4.78, 5) is 30.2. The molecule has 0 saturated carbocycles. The van der Waals surface area contributed by atoms with E-state index in [1.165, 1.54) is 6.92 Å². The van der Waals surface area contributed by atoms with Gasteiger partial charge in [0.15, 0.2) is 0 Å². The summed E-state index contributed by atoms with van der Waals surface area (Å²) in [6.07, 6.45) is 1.74. The highest BCUT2D eigenvalue weighted by atomic mass is 16.5. The lowest BCUT2D eigenvalue weighted by Gasteiger charge is -2.38. The third kappa shape index (κ3) is 3.29. The Bertz CT molecular complexity index is 826. The van der Waals surface area contributed by atoms with E-state index in [9.17, 15) is 9.59 Å². The van der Waals surface area contributed by atoms with Crippen LogP contribution in [0.25, 0.3) is 10.9 Å². The van der Waals surface area contributed by atoms with Crippen molar-refractivity contribution in [2.75, 3.05) is 20.2 Å². The Morgan fingerprint density at radius 1 is 1.32 bits per heavy atom. The molecule has 6 nitrogen and oxygen atoms in total. The minimum Gasteiger partial charge on any atom is -0.497 e. The van der Waals surface area contributed by atoms with Crippen molar-refractivity contribution in [3.8, 4) is 5.75 Å². The van der Waals surface area contributed by atoms with Gasteiger partial charge >= 0.3 is 0 Å². The second kappa shape index (κ2) is 6.70. The van der Waals surface area contributed by atoms with Crippen LogP contribution in [0.2, 0.25) is 0 Å². The number of pyridine rings is 1. The number of likely N-dealkylation sites (tertiary alicyclic amines) is 1. The molecule has 1 fully saturated rings. The van der Waals surface area contributed by atoms with Crippen LogP contribution in [0.4, 0.5) is 0 Å². The number of hydrogen-bond donors (Lipinski definition) is 1. The Morgan fingerprint density at radius 2 is 2.04 bits per heavy atom. The van der Waals surface area contributed by atoms with Gasteiger partial charge in [0, 0.05) is 31.6 Å². The molecule has 2 heterocycles. The number of fused-ring (bicyclic) bond motifs is 1. The molecule has 2 amide bonds. The minimum absolute atomic E-state index is 0.0223. The van der Waals surface area contributed by atoms with E-state index in [2.05, 4.69) is 24.1 Å². The molecule has 1 saturated heterocycles. The largest absolute Gasteiger partial charge is 0.497 e. The standard InChI is InChI=1S/C19H23N3O3/c1-11(2)15-5-6-20-18-16(15)7-14(25-4)8-17(18)19(24)21-13-9-22(10-13)12(3)23/h5-8,11,13H,9-10H2,1-4H3,(H,21,24). The Balaban J connectivity index is 1.94. The van der Waals surface area contributed by atoms with Gasteiger partial charge in [0.2, 0.25) is 5.91 Å². The predicted molar refractivity (Wildman–Crippen MR) is 95.9 cm³/mol. The first-order valence-corrected chi connectivity index (χ1v) is 8.43. The molecule has 1 aliphatic rings. The maximum atomic E-state index is 12.8. The first-order valence-electron chi connectivity index (χ1n) is 8.43.